The number of nitrogens with one attached hydrogen (secondary N) is 1. The van der Waals surface area contributed by atoms with Gasteiger partial charge in [0.25, 0.3) is 0 Å². The normalized spacial score (nSPS) is 22.1. The number of carbonyl (C=O) groups excluding carboxylic acids is 1. The lowest BCUT2D eigenvalue weighted by molar-refractivity contribution is -0.129. The van der Waals surface area contributed by atoms with Crippen molar-refractivity contribution in [3.05, 3.63) is 0 Å². The van der Waals surface area contributed by atoms with Crippen molar-refractivity contribution in [3.63, 3.8) is 0 Å². The van der Waals surface area contributed by atoms with Crippen LogP contribution < -0.4 is 5.32 Å². The fourth-order valence-corrected chi connectivity index (χ4v) is 2.34. The van der Waals surface area contributed by atoms with Gasteiger partial charge in [0.2, 0.25) is 5.91 Å². The Balaban J connectivity index is 2.41. The molecule has 0 aromatic carbocycles. The second kappa shape index (κ2) is 2.97. The summed E-state index contributed by atoms with van der Waals surface area (Å²) in [5, 5.41) is 2.69. The third kappa shape index (κ3) is 2.69. The summed E-state index contributed by atoms with van der Waals surface area (Å²) in [5.74, 6) is 0.0938. The van der Waals surface area contributed by atoms with Gasteiger partial charge in [0.15, 0.2) is 9.84 Å². The molecule has 0 bridgehead atoms. The van der Waals surface area contributed by atoms with Crippen molar-refractivity contribution in [1.82, 2.24) is 5.32 Å². The quantitative estimate of drug-likeness (QED) is 0.652. The van der Waals surface area contributed by atoms with Gasteiger partial charge in [0, 0.05) is 5.41 Å². The molecule has 1 amide bonds. The summed E-state index contributed by atoms with van der Waals surface area (Å²) in [4.78, 5) is 11.4. The van der Waals surface area contributed by atoms with Crippen LogP contribution in [0.3, 0.4) is 0 Å². The summed E-state index contributed by atoms with van der Waals surface area (Å²) in [6.07, 6.45) is 0. The molecular formula is C8H15NO3S. The highest BCUT2D eigenvalue weighted by Gasteiger charge is 2.36. The van der Waals surface area contributed by atoms with E-state index in [1.165, 1.54) is 0 Å². The average molecular weight is 205 g/mol. The van der Waals surface area contributed by atoms with Gasteiger partial charge >= 0.3 is 0 Å². The van der Waals surface area contributed by atoms with E-state index in [1.807, 2.05) is 0 Å². The maximum atomic E-state index is 11.4. The molecule has 0 spiro atoms. The third-order valence-electron chi connectivity index (χ3n) is 1.93. The van der Waals surface area contributed by atoms with Crippen LogP contribution >= 0.6 is 0 Å². The van der Waals surface area contributed by atoms with Crippen LogP contribution in [-0.4, -0.2) is 31.9 Å². The van der Waals surface area contributed by atoms with E-state index in [4.69, 9.17) is 0 Å². The van der Waals surface area contributed by atoms with Gasteiger partial charge in [-0.05, 0) is 0 Å². The Morgan fingerprint density at radius 3 is 2.08 bits per heavy atom. The predicted molar refractivity (Wildman–Crippen MR) is 50.0 cm³/mol. The predicted octanol–water partition coefficient (Wildman–Crippen LogP) is -0.0543. The Morgan fingerprint density at radius 2 is 1.77 bits per heavy atom. The monoisotopic (exact) mass is 205 g/mol. The summed E-state index contributed by atoms with van der Waals surface area (Å²) < 4.78 is 21.6. The summed E-state index contributed by atoms with van der Waals surface area (Å²) in [6.45, 7) is 5.40. The second-order valence-electron chi connectivity index (χ2n) is 4.50. The molecule has 1 N–H and O–H groups in total. The lowest BCUT2D eigenvalue weighted by Gasteiger charge is -2.29. The van der Waals surface area contributed by atoms with Crippen LogP contribution in [-0.2, 0) is 14.6 Å². The molecule has 1 heterocycles. The van der Waals surface area contributed by atoms with Gasteiger partial charge in [-0.3, -0.25) is 4.79 Å². The summed E-state index contributed by atoms with van der Waals surface area (Å²) in [5.41, 5.74) is -0.445. The van der Waals surface area contributed by atoms with Crippen molar-refractivity contribution >= 4 is 15.7 Å². The maximum Gasteiger partial charge on any atom is 0.225 e. The molecule has 76 valence electrons. The molecular weight excluding hydrogens is 190 g/mol. The van der Waals surface area contributed by atoms with Gasteiger partial charge in [-0.15, -0.1) is 0 Å². The largest absolute Gasteiger partial charge is 0.351 e. The molecule has 0 aromatic heterocycles. The van der Waals surface area contributed by atoms with E-state index in [0.717, 1.165) is 0 Å². The fraction of sp³-hybridized carbons (Fsp3) is 0.875. The first-order valence-electron chi connectivity index (χ1n) is 4.22. The first-order chi connectivity index (χ1) is 5.71. The number of carbonyl (C=O) groups is 1. The van der Waals surface area contributed by atoms with Crippen molar-refractivity contribution < 1.29 is 13.2 Å². The number of hydrogen-bond acceptors (Lipinski definition) is 3. The van der Waals surface area contributed by atoms with Gasteiger partial charge in [-0.25, -0.2) is 8.42 Å². The van der Waals surface area contributed by atoms with Crippen LogP contribution in [0.15, 0.2) is 0 Å². The lowest BCUT2D eigenvalue weighted by Crippen LogP contribution is -2.55. The molecule has 1 aliphatic rings. The van der Waals surface area contributed by atoms with E-state index in [0.29, 0.717) is 0 Å². The van der Waals surface area contributed by atoms with Crippen LogP contribution in [0, 0.1) is 5.41 Å². The zero-order valence-corrected chi connectivity index (χ0v) is 8.94. The van der Waals surface area contributed by atoms with Crippen molar-refractivity contribution in [1.29, 1.82) is 0 Å². The Kier molecular flexibility index (Phi) is 2.40. The topological polar surface area (TPSA) is 63.2 Å². The van der Waals surface area contributed by atoms with Gasteiger partial charge in [-0.2, -0.15) is 0 Å². The number of rotatable bonds is 1. The van der Waals surface area contributed by atoms with Gasteiger partial charge in [-0.1, -0.05) is 20.8 Å². The Hall–Kier alpha value is -0.580. The molecule has 4 nitrogen and oxygen atoms in total. The molecule has 0 unspecified atom stereocenters. The van der Waals surface area contributed by atoms with E-state index in [1.54, 1.807) is 20.8 Å². The minimum absolute atomic E-state index is 0.0904. The van der Waals surface area contributed by atoms with Gasteiger partial charge in [0.1, 0.15) is 0 Å². The van der Waals surface area contributed by atoms with E-state index in [9.17, 15) is 13.2 Å². The van der Waals surface area contributed by atoms with E-state index >= 15 is 0 Å². The van der Waals surface area contributed by atoms with E-state index in [-0.39, 0.29) is 23.5 Å². The smallest absolute Gasteiger partial charge is 0.225 e. The van der Waals surface area contributed by atoms with Gasteiger partial charge in [0.05, 0.1) is 17.5 Å². The Morgan fingerprint density at radius 1 is 1.31 bits per heavy atom. The number of amides is 1. The van der Waals surface area contributed by atoms with Crippen LogP contribution in [0.25, 0.3) is 0 Å². The maximum absolute atomic E-state index is 11.4. The summed E-state index contributed by atoms with van der Waals surface area (Å²) >= 11 is 0. The van der Waals surface area contributed by atoms with Gasteiger partial charge < -0.3 is 5.32 Å². The molecule has 0 radical (unpaired) electrons. The molecule has 0 aliphatic carbocycles. The third-order valence-corrected chi connectivity index (χ3v) is 3.75. The molecule has 1 fully saturated rings. The molecule has 0 atom stereocenters. The van der Waals surface area contributed by atoms with Crippen molar-refractivity contribution in [2.45, 2.75) is 26.8 Å². The summed E-state index contributed by atoms with van der Waals surface area (Å²) in [6, 6.07) is -0.170. The van der Waals surface area contributed by atoms with E-state index in [2.05, 4.69) is 5.32 Å². The number of hydrogen-bond donors (Lipinski definition) is 1. The van der Waals surface area contributed by atoms with Crippen LogP contribution in [0.4, 0.5) is 0 Å². The van der Waals surface area contributed by atoms with Crippen molar-refractivity contribution in [3.8, 4) is 0 Å². The average Bonchev–Trinajstić information content (AvgIpc) is 1.80. The first-order valence-corrected chi connectivity index (χ1v) is 6.04. The van der Waals surface area contributed by atoms with E-state index < -0.39 is 15.3 Å². The molecule has 5 heteroatoms. The van der Waals surface area contributed by atoms with Crippen LogP contribution in [0.2, 0.25) is 0 Å². The van der Waals surface area contributed by atoms with Crippen LogP contribution in [0.1, 0.15) is 20.8 Å². The SMILES string of the molecule is CC(C)(C)C(=O)NC1CS(=O)(=O)C1. The van der Waals surface area contributed by atoms with Crippen molar-refractivity contribution in [2.75, 3.05) is 11.5 Å². The zero-order valence-electron chi connectivity index (χ0n) is 8.12. The first kappa shape index (κ1) is 10.5. The highest BCUT2D eigenvalue weighted by Crippen LogP contribution is 2.16. The zero-order chi connectivity index (χ0) is 10.3. The molecule has 0 aromatic rings. The minimum Gasteiger partial charge on any atom is -0.351 e. The Labute approximate surface area is 78.6 Å². The van der Waals surface area contributed by atoms with Crippen LogP contribution in [0.5, 0.6) is 0 Å². The highest BCUT2D eigenvalue weighted by atomic mass is 32.2. The molecule has 1 aliphatic heterocycles. The lowest BCUT2D eigenvalue weighted by atomic mass is 9.95. The standard InChI is InChI=1S/C8H15NO3S/c1-8(2,3)7(10)9-6-4-13(11,12)5-6/h6H,4-5H2,1-3H3,(H,9,10). The Bertz CT molecular complexity index is 301. The molecule has 13 heavy (non-hydrogen) atoms. The fourth-order valence-electron chi connectivity index (χ4n) is 1.05. The molecule has 0 saturated carbocycles. The minimum atomic E-state index is -2.84. The highest BCUT2D eigenvalue weighted by molar-refractivity contribution is 7.92. The van der Waals surface area contributed by atoms with Crippen molar-refractivity contribution in [2.24, 2.45) is 5.41 Å². The molecule has 1 saturated heterocycles. The second-order valence-corrected chi connectivity index (χ2v) is 6.65. The number of sulfone groups is 1. The molecule has 1 rings (SSSR count). The summed E-state index contributed by atoms with van der Waals surface area (Å²) in [7, 11) is -2.84.